The van der Waals surface area contributed by atoms with E-state index in [1.165, 1.54) is 0 Å². The Morgan fingerprint density at radius 1 is 1.09 bits per heavy atom. The molecular formula is C25H36N4O4. The minimum absolute atomic E-state index is 0.0455. The quantitative estimate of drug-likeness (QED) is 0.670. The molecule has 4 rings (SSSR count). The normalized spacial score (nSPS) is 24.3. The number of hydrogen-bond donors (Lipinski definition) is 1. The molecule has 3 fully saturated rings. The first-order chi connectivity index (χ1) is 15.9. The number of benzene rings is 1. The molecule has 33 heavy (non-hydrogen) atoms. The second kappa shape index (κ2) is 10.2. The Labute approximate surface area is 196 Å². The Kier molecular flexibility index (Phi) is 7.34. The molecule has 0 bridgehead atoms. The van der Waals surface area contributed by atoms with Crippen LogP contribution in [-0.4, -0.2) is 91.5 Å². The molecule has 3 aliphatic heterocycles. The third kappa shape index (κ3) is 5.22. The predicted octanol–water partition coefficient (Wildman–Crippen LogP) is 1.54. The van der Waals surface area contributed by atoms with E-state index >= 15 is 0 Å². The Bertz CT molecular complexity index is 864. The Hall–Kier alpha value is -2.45. The molecule has 1 aromatic rings. The van der Waals surface area contributed by atoms with Crippen molar-refractivity contribution in [2.75, 3.05) is 50.8 Å². The number of piperazine rings is 1. The minimum atomic E-state index is -0.661. The first-order valence-corrected chi connectivity index (χ1v) is 12.2. The van der Waals surface area contributed by atoms with Crippen molar-refractivity contribution in [3.8, 4) is 0 Å². The number of fused-ring (bicyclic) bond motifs is 1. The number of carbonyl (C=O) groups is 3. The van der Waals surface area contributed by atoms with Gasteiger partial charge in [0, 0.05) is 44.0 Å². The van der Waals surface area contributed by atoms with Gasteiger partial charge in [0.2, 0.25) is 5.91 Å². The molecule has 1 aromatic carbocycles. The first kappa shape index (κ1) is 23.7. The third-order valence-corrected chi connectivity index (χ3v) is 7.02. The van der Waals surface area contributed by atoms with Gasteiger partial charge in [-0.1, -0.05) is 20.8 Å². The number of rotatable bonds is 7. The minimum Gasteiger partial charge on any atom is -0.369 e. The van der Waals surface area contributed by atoms with E-state index in [0.717, 1.165) is 38.4 Å². The summed E-state index contributed by atoms with van der Waals surface area (Å²) in [7, 11) is 0. The molecule has 2 amide bonds. The van der Waals surface area contributed by atoms with Crippen molar-refractivity contribution in [3.63, 3.8) is 0 Å². The lowest BCUT2D eigenvalue weighted by molar-refractivity contribution is -0.138. The van der Waals surface area contributed by atoms with Crippen LogP contribution in [0.15, 0.2) is 24.3 Å². The Balaban J connectivity index is 1.41. The van der Waals surface area contributed by atoms with Gasteiger partial charge in [0.1, 0.15) is 18.7 Å². The molecule has 3 saturated heterocycles. The molecule has 0 aliphatic carbocycles. The van der Waals surface area contributed by atoms with Gasteiger partial charge < -0.3 is 24.8 Å². The molecule has 0 spiro atoms. The van der Waals surface area contributed by atoms with E-state index in [1.54, 1.807) is 4.90 Å². The van der Waals surface area contributed by atoms with E-state index in [4.69, 9.17) is 4.74 Å². The molecule has 0 unspecified atom stereocenters. The number of anilines is 1. The second-order valence-corrected chi connectivity index (χ2v) is 9.70. The standard InChI is InChI=1S/C25H36N4O4/c1-4-27-11-13-28(14-12-27)19-7-5-18(6-8-19)24(31)26-20(15-17(2)3)25(32)29-10-9-22-23(29)21(30)16-33-22/h5-8,17,20,22-23H,4,9-16H2,1-3H3,(H,26,31)/t20-,22+,23+/m0/s1. The predicted molar refractivity (Wildman–Crippen MR) is 126 cm³/mol. The number of likely N-dealkylation sites (N-methyl/N-ethyl adjacent to an activating group) is 1. The van der Waals surface area contributed by atoms with Crippen molar-refractivity contribution in [2.24, 2.45) is 5.92 Å². The van der Waals surface area contributed by atoms with Crippen molar-refractivity contribution < 1.29 is 19.1 Å². The lowest BCUT2D eigenvalue weighted by Gasteiger charge is -2.35. The average Bonchev–Trinajstić information content (AvgIpc) is 3.41. The van der Waals surface area contributed by atoms with Crippen molar-refractivity contribution in [3.05, 3.63) is 29.8 Å². The third-order valence-electron chi connectivity index (χ3n) is 7.02. The smallest absolute Gasteiger partial charge is 0.251 e. The maximum absolute atomic E-state index is 13.3. The fraction of sp³-hybridized carbons (Fsp3) is 0.640. The second-order valence-electron chi connectivity index (χ2n) is 9.70. The van der Waals surface area contributed by atoms with Gasteiger partial charge in [0.15, 0.2) is 5.78 Å². The summed E-state index contributed by atoms with van der Waals surface area (Å²) >= 11 is 0. The highest BCUT2D eigenvalue weighted by molar-refractivity contribution is 5.99. The van der Waals surface area contributed by atoms with Gasteiger partial charge in [0.05, 0.1) is 6.10 Å². The average molecular weight is 457 g/mol. The number of ketones is 1. The lowest BCUT2D eigenvalue weighted by atomic mass is 10.0. The molecule has 3 atom stereocenters. The zero-order chi connectivity index (χ0) is 23.5. The van der Waals surface area contributed by atoms with Gasteiger partial charge in [-0.15, -0.1) is 0 Å². The molecule has 8 nitrogen and oxygen atoms in total. The molecule has 3 aliphatic rings. The molecule has 180 valence electrons. The number of likely N-dealkylation sites (tertiary alicyclic amines) is 1. The summed E-state index contributed by atoms with van der Waals surface area (Å²) in [6.45, 7) is 11.9. The monoisotopic (exact) mass is 456 g/mol. The van der Waals surface area contributed by atoms with E-state index in [9.17, 15) is 14.4 Å². The lowest BCUT2D eigenvalue weighted by Crippen LogP contribution is -2.52. The summed E-state index contributed by atoms with van der Waals surface area (Å²) in [5, 5.41) is 2.95. The van der Waals surface area contributed by atoms with E-state index in [2.05, 4.69) is 22.0 Å². The number of nitrogens with zero attached hydrogens (tertiary/aromatic N) is 3. The topological polar surface area (TPSA) is 82.2 Å². The van der Waals surface area contributed by atoms with Crippen LogP contribution < -0.4 is 10.2 Å². The maximum Gasteiger partial charge on any atom is 0.251 e. The Morgan fingerprint density at radius 3 is 2.42 bits per heavy atom. The van der Waals surface area contributed by atoms with E-state index in [-0.39, 0.29) is 36.2 Å². The van der Waals surface area contributed by atoms with Gasteiger partial charge in [-0.05, 0) is 49.6 Å². The number of carbonyl (C=O) groups excluding carboxylic acids is 3. The summed E-state index contributed by atoms with van der Waals surface area (Å²) in [6, 6.07) is 6.45. The summed E-state index contributed by atoms with van der Waals surface area (Å²) in [4.78, 5) is 45.0. The molecule has 1 N–H and O–H groups in total. The number of amides is 2. The number of nitrogens with one attached hydrogen (secondary N) is 1. The summed E-state index contributed by atoms with van der Waals surface area (Å²) in [5.74, 6) is -0.275. The zero-order valence-corrected chi connectivity index (χ0v) is 20.0. The first-order valence-electron chi connectivity index (χ1n) is 12.2. The van der Waals surface area contributed by atoms with Crippen LogP contribution in [0.4, 0.5) is 5.69 Å². The maximum atomic E-state index is 13.3. The van der Waals surface area contributed by atoms with Crippen LogP contribution in [-0.2, 0) is 14.3 Å². The molecule has 0 radical (unpaired) electrons. The van der Waals surface area contributed by atoms with Crippen molar-refractivity contribution in [2.45, 2.75) is 51.8 Å². The molecule has 3 heterocycles. The highest BCUT2D eigenvalue weighted by Gasteiger charge is 2.48. The van der Waals surface area contributed by atoms with Gasteiger partial charge >= 0.3 is 0 Å². The van der Waals surface area contributed by atoms with E-state index < -0.39 is 12.1 Å². The molecular weight excluding hydrogens is 420 g/mol. The van der Waals surface area contributed by atoms with Crippen molar-refractivity contribution in [1.82, 2.24) is 15.1 Å². The van der Waals surface area contributed by atoms with E-state index in [1.807, 2.05) is 38.1 Å². The molecule has 0 saturated carbocycles. The fourth-order valence-electron chi connectivity index (χ4n) is 5.12. The number of hydrogen-bond acceptors (Lipinski definition) is 6. The largest absolute Gasteiger partial charge is 0.369 e. The molecule has 8 heteroatoms. The van der Waals surface area contributed by atoms with Gasteiger partial charge in [0.25, 0.3) is 5.91 Å². The summed E-state index contributed by atoms with van der Waals surface area (Å²) in [6.07, 6.45) is 0.981. The van der Waals surface area contributed by atoms with Gasteiger partial charge in [-0.25, -0.2) is 0 Å². The zero-order valence-electron chi connectivity index (χ0n) is 20.0. The highest BCUT2D eigenvalue weighted by Crippen LogP contribution is 2.28. The summed E-state index contributed by atoms with van der Waals surface area (Å²) < 4.78 is 5.52. The SMILES string of the molecule is CCN1CCN(c2ccc(C(=O)N[C@@H](CC(C)C)C(=O)N3CC[C@H]4OCC(=O)[C@H]43)cc2)CC1. The van der Waals surface area contributed by atoms with Crippen LogP contribution in [0, 0.1) is 5.92 Å². The summed E-state index contributed by atoms with van der Waals surface area (Å²) in [5.41, 5.74) is 1.65. The van der Waals surface area contributed by atoms with Crippen LogP contribution in [0.1, 0.15) is 44.0 Å². The van der Waals surface area contributed by atoms with Gasteiger partial charge in [-0.3, -0.25) is 14.4 Å². The van der Waals surface area contributed by atoms with Crippen LogP contribution >= 0.6 is 0 Å². The Morgan fingerprint density at radius 2 is 1.79 bits per heavy atom. The fourth-order valence-corrected chi connectivity index (χ4v) is 5.12. The van der Waals surface area contributed by atoms with Crippen LogP contribution in [0.3, 0.4) is 0 Å². The van der Waals surface area contributed by atoms with Gasteiger partial charge in [-0.2, -0.15) is 0 Å². The molecule has 0 aromatic heterocycles. The van der Waals surface area contributed by atoms with Crippen LogP contribution in [0.2, 0.25) is 0 Å². The number of ether oxygens (including phenoxy) is 1. The van der Waals surface area contributed by atoms with Crippen molar-refractivity contribution in [1.29, 1.82) is 0 Å². The highest BCUT2D eigenvalue weighted by atomic mass is 16.5. The van der Waals surface area contributed by atoms with Crippen LogP contribution in [0.25, 0.3) is 0 Å². The van der Waals surface area contributed by atoms with E-state index in [0.29, 0.717) is 24.9 Å². The number of Topliss-reactive ketones (excluding diaryl/α,β-unsaturated/α-hetero) is 1. The van der Waals surface area contributed by atoms with Crippen molar-refractivity contribution >= 4 is 23.3 Å². The van der Waals surface area contributed by atoms with Crippen LogP contribution in [0.5, 0.6) is 0 Å².